The third kappa shape index (κ3) is 5.47. The number of methoxy groups -OCH3 is 1. The Kier molecular flexibility index (Phi) is 8.54. The highest BCUT2D eigenvalue weighted by Crippen LogP contribution is 2.50. The van der Waals surface area contributed by atoms with Crippen LogP contribution in [0, 0.1) is 23.7 Å². The van der Waals surface area contributed by atoms with Gasteiger partial charge in [0.05, 0.1) is 32.3 Å². The van der Waals surface area contributed by atoms with E-state index in [-0.39, 0.29) is 41.7 Å². The fourth-order valence-corrected chi connectivity index (χ4v) is 8.20. The van der Waals surface area contributed by atoms with Crippen LogP contribution in [0.2, 0.25) is 0 Å². The Labute approximate surface area is 242 Å². The second-order valence-corrected chi connectivity index (χ2v) is 12.4. The Hall–Kier alpha value is -2.65. The van der Waals surface area contributed by atoms with Crippen molar-refractivity contribution in [1.82, 2.24) is 4.90 Å². The Morgan fingerprint density at radius 1 is 1.07 bits per heavy atom. The van der Waals surface area contributed by atoms with Crippen LogP contribution in [-0.2, 0) is 25.4 Å². The number of rotatable bonds is 8. The number of hydrogen-bond acceptors (Lipinski definition) is 8. The summed E-state index contributed by atoms with van der Waals surface area (Å²) in [5.41, 5.74) is 1.35. The molecule has 1 saturated carbocycles. The highest BCUT2D eigenvalue weighted by atomic mass is 16.6. The van der Waals surface area contributed by atoms with Crippen molar-refractivity contribution in [3.05, 3.63) is 70.6 Å². The Bertz CT molecular complexity index is 1200. The molecule has 4 heterocycles. The van der Waals surface area contributed by atoms with Crippen molar-refractivity contribution in [2.45, 2.75) is 76.0 Å². The predicted octanol–water partition coefficient (Wildman–Crippen LogP) is 3.82. The fourth-order valence-electron chi connectivity index (χ4n) is 8.20. The molecule has 0 amide bonds. The molecule has 0 bridgehead atoms. The van der Waals surface area contributed by atoms with E-state index in [4.69, 9.17) is 14.2 Å². The summed E-state index contributed by atoms with van der Waals surface area (Å²) >= 11 is 0. The van der Waals surface area contributed by atoms with E-state index in [2.05, 4.69) is 35.2 Å². The number of aliphatic hydroxyl groups is 3. The van der Waals surface area contributed by atoms with E-state index in [1.54, 1.807) is 0 Å². The fraction of sp³-hybridized carbons (Fsp3) is 0.606. The SMILES string of the molecule is COC1=C(CO)C(=O)OC1=C1OC2=CCCN3[C@@H](C[C@H](Cc4ccccc4)C[C@H]3[C@@H](O)CC3CCCC3)[C@H]2[C@@H]1CO. The summed E-state index contributed by atoms with van der Waals surface area (Å²) in [5, 5.41) is 32.3. The third-order valence-corrected chi connectivity index (χ3v) is 10.0. The molecule has 3 fully saturated rings. The molecule has 1 aliphatic carbocycles. The van der Waals surface area contributed by atoms with E-state index in [0.717, 1.165) is 44.4 Å². The molecule has 0 radical (unpaired) electrons. The van der Waals surface area contributed by atoms with Gasteiger partial charge in [0.1, 0.15) is 11.3 Å². The number of benzene rings is 1. The number of aliphatic hydroxyl groups excluding tert-OH is 3. The summed E-state index contributed by atoms with van der Waals surface area (Å²) in [5.74, 6) is 1.18. The smallest absolute Gasteiger partial charge is 0.345 e. The first-order valence-corrected chi connectivity index (χ1v) is 15.3. The highest BCUT2D eigenvalue weighted by molar-refractivity contribution is 5.94. The molecule has 1 aromatic carbocycles. The van der Waals surface area contributed by atoms with Crippen LogP contribution in [0.5, 0.6) is 0 Å². The van der Waals surface area contributed by atoms with Gasteiger partial charge in [0, 0.05) is 24.5 Å². The van der Waals surface area contributed by atoms with Crippen molar-refractivity contribution >= 4 is 5.97 Å². The number of hydrogen-bond donors (Lipinski definition) is 3. The van der Waals surface area contributed by atoms with Crippen molar-refractivity contribution in [1.29, 1.82) is 0 Å². The summed E-state index contributed by atoms with van der Waals surface area (Å²) < 4.78 is 17.5. The predicted molar refractivity (Wildman–Crippen MR) is 152 cm³/mol. The molecule has 1 aromatic rings. The lowest BCUT2D eigenvalue weighted by molar-refractivity contribution is -0.134. The van der Waals surface area contributed by atoms with Gasteiger partial charge >= 0.3 is 5.97 Å². The maximum atomic E-state index is 12.5. The van der Waals surface area contributed by atoms with Gasteiger partial charge in [-0.25, -0.2) is 4.79 Å². The van der Waals surface area contributed by atoms with Crippen LogP contribution in [0.3, 0.4) is 0 Å². The monoisotopic (exact) mass is 565 g/mol. The van der Waals surface area contributed by atoms with Gasteiger partial charge in [0.25, 0.3) is 0 Å². The molecule has 222 valence electrons. The molecule has 8 heteroatoms. The highest BCUT2D eigenvalue weighted by Gasteiger charge is 2.52. The minimum Gasteiger partial charge on any atom is -0.492 e. The average molecular weight is 566 g/mol. The lowest BCUT2D eigenvalue weighted by Gasteiger charge is -2.49. The summed E-state index contributed by atoms with van der Waals surface area (Å²) in [6.45, 7) is 0.134. The maximum absolute atomic E-state index is 12.5. The molecule has 5 aliphatic rings. The summed E-state index contributed by atoms with van der Waals surface area (Å²) in [7, 11) is 1.43. The van der Waals surface area contributed by atoms with Crippen LogP contribution < -0.4 is 0 Å². The Morgan fingerprint density at radius 3 is 2.56 bits per heavy atom. The van der Waals surface area contributed by atoms with Crippen LogP contribution in [0.4, 0.5) is 0 Å². The number of fused-ring (bicyclic) bond motifs is 3. The first-order chi connectivity index (χ1) is 20.0. The number of carbonyl (C=O) groups is 1. The van der Waals surface area contributed by atoms with E-state index >= 15 is 0 Å². The molecule has 8 nitrogen and oxygen atoms in total. The Morgan fingerprint density at radius 2 is 1.85 bits per heavy atom. The minimum atomic E-state index is -0.662. The largest absolute Gasteiger partial charge is 0.492 e. The standard InChI is InChI=1S/C33H43NO7/c1-39-30-24(19-36)33(38)41-32(30)31-23(18-35)29-26-16-22(14-20-8-3-2-4-9-20)15-25(27(37)17-21-10-5-6-11-21)34(26)13-7-12-28(29)40-31/h2-4,8-9,12,21-23,25-27,29,35-37H,5-7,10-11,13-19H2,1H3/t22-,23+,25+,26+,27+,29-/m1/s1. The van der Waals surface area contributed by atoms with Crippen molar-refractivity contribution < 1.29 is 34.3 Å². The van der Waals surface area contributed by atoms with E-state index in [9.17, 15) is 20.1 Å². The van der Waals surface area contributed by atoms with Gasteiger partial charge in [0.2, 0.25) is 5.76 Å². The number of ether oxygens (including phenoxy) is 3. The van der Waals surface area contributed by atoms with Gasteiger partial charge in [-0.3, -0.25) is 4.90 Å². The van der Waals surface area contributed by atoms with E-state index < -0.39 is 24.6 Å². The molecular weight excluding hydrogens is 522 g/mol. The number of esters is 1. The Balaban J connectivity index is 1.35. The number of piperidine rings is 1. The molecule has 2 saturated heterocycles. The van der Waals surface area contributed by atoms with E-state index in [0.29, 0.717) is 17.6 Å². The van der Waals surface area contributed by atoms with Gasteiger partial charge in [-0.15, -0.1) is 0 Å². The summed E-state index contributed by atoms with van der Waals surface area (Å²) in [6.07, 6.45) is 11.0. The minimum absolute atomic E-state index is 0.0339. The summed E-state index contributed by atoms with van der Waals surface area (Å²) in [4.78, 5) is 15.0. The second kappa shape index (κ2) is 12.3. The van der Waals surface area contributed by atoms with Gasteiger partial charge in [-0.2, -0.15) is 0 Å². The molecular formula is C33H43NO7. The maximum Gasteiger partial charge on any atom is 0.345 e. The molecule has 0 unspecified atom stereocenters. The zero-order valence-electron chi connectivity index (χ0n) is 23.9. The van der Waals surface area contributed by atoms with Crippen LogP contribution in [0.15, 0.2) is 65.0 Å². The van der Waals surface area contributed by atoms with Gasteiger partial charge in [-0.1, -0.05) is 56.0 Å². The van der Waals surface area contributed by atoms with E-state index in [1.807, 2.05) is 6.07 Å². The quantitative estimate of drug-likeness (QED) is 0.409. The van der Waals surface area contributed by atoms with Crippen LogP contribution in [0.1, 0.15) is 56.9 Å². The zero-order chi connectivity index (χ0) is 28.5. The normalized spacial score (nSPS) is 33.1. The van der Waals surface area contributed by atoms with Gasteiger partial charge < -0.3 is 29.5 Å². The average Bonchev–Trinajstić information content (AvgIpc) is 3.67. The van der Waals surface area contributed by atoms with Crippen molar-refractivity contribution in [3.8, 4) is 0 Å². The lowest BCUT2D eigenvalue weighted by Crippen LogP contribution is -2.57. The lowest BCUT2D eigenvalue weighted by atomic mass is 9.73. The van der Waals surface area contributed by atoms with Crippen LogP contribution >= 0.6 is 0 Å². The van der Waals surface area contributed by atoms with Crippen molar-refractivity contribution in [2.24, 2.45) is 23.7 Å². The zero-order valence-corrected chi connectivity index (χ0v) is 23.9. The van der Waals surface area contributed by atoms with E-state index in [1.165, 1.54) is 38.4 Å². The summed E-state index contributed by atoms with van der Waals surface area (Å²) in [6, 6.07) is 10.6. The second-order valence-electron chi connectivity index (χ2n) is 12.4. The first kappa shape index (κ1) is 28.5. The van der Waals surface area contributed by atoms with Crippen LogP contribution in [-0.4, -0.2) is 71.2 Å². The molecule has 41 heavy (non-hydrogen) atoms. The number of nitrogens with zero attached hydrogens (tertiary/aromatic N) is 1. The molecule has 6 atom stereocenters. The first-order valence-electron chi connectivity index (χ1n) is 15.3. The third-order valence-electron chi connectivity index (χ3n) is 10.0. The number of cyclic esters (lactones) is 1. The molecule has 0 spiro atoms. The number of carbonyl (C=O) groups excluding carboxylic acids is 1. The molecule has 6 rings (SSSR count). The van der Waals surface area contributed by atoms with Crippen molar-refractivity contribution in [3.63, 3.8) is 0 Å². The van der Waals surface area contributed by atoms with Crippen LogP contribution in [0.25, 0.3) is 0 Å². The molecule has 0 aromatic heterocycles. The molecule has 4 aliphatic heterocycles. The van der Waals surface area contributed by atoms with Gasteiger partial charge in [-0.05, 0) is 55.6 Å². The topological polar surface area (TPSA) is 109 Å². The van der Waals surface area contributed by atoms with Crippen molar-refractivity contribution in [2.75, 3.05) is 26.9 Å². The van der Waals surface area contributed by atoms with Gasteiger partial charge in [0.15, 0.2) is 11.5 Å². The molecule has 3 N–H and O–H groups in total.